The van der Waals surface area contributed by atoms with Gasteiger partial charge in [0.05, 0.1) is 28.3 Å². The quantitative estimate of drug-likeness (QED) is 0.347. The Hall–Kier alpha value is -3.71. The molecule has 2 aromatic carbocycles. The van der Waals surface area contributed by atoms with E-state index in [-0.39, 0.29) is 11.8 Å². The zero-order valence-electron chi connectivity index (χ0n) is 17.4. The van der Waals surface area contributed by atoms with Crippen LogP contribution in [0.15, 0.2) is 48.7 Å². The molecule has 0 saturated carbocycles. The van der Waals surface area contributed by atoms with E-state index in [4.69, 9.17) is 22.1 Å². The first-order valence-corrected chi connectivity index (χ1v) is 10.4. The van der Waals surface area contributed by atoms with E-state index < -0.39 is 0 Å². The number of aryl methyl sites for hydroxylation is 1. The number of pyridine rings is 1. The number of nitrogens with zero attached hydrogens (tertiary/aromatic N) is 3. The molecule has 1 aliphatic carbocycles. The normalized spacial score (nSPS) is 11.8. The number of fused-ring (bicyclic) bond motifs is 3. The molecule has 0 bridgehead atoms. The number of hydrogen-bond donors (Lipinski definition) is 2. The van der Waals surface area contributed by atoms with Gasteiger partial charge in [0, 0.05) is 36.0 Å². The van der Waals surface area contributed by atoms with Gasteiger partial charge in [0.25, 0.3) is 0 Å². The van der Waals surface area contributed by atoms with Crippen molar-refractivity contribution in [1.82, 2.24) is 15.0 Å². The molecular formula is C24H19ClFN5O. The van der Waals surface area contributed by atoms with Gasteiger partial charge in [0.1, 0.15) is 11.6 Å². The number of nitrogens with one attached hydrogen (secondary N) is 1. The highest BCUT2D eigenvalue weighted by atomic mass is 35.5. The third-order valence-electron chi connectivity index (χ3n) is 5.42. The Balaban J connectivity index is 1.71. The van der Waals surface area contributed by atoms with Crippen LogP contribution in [-0.4, -0.2) is 22.0 Å². The highest BCUT2D eigenvalue weighted by Crippen LogP contribution is 2.45. The Labute approximate surface area is 189 Å². The van der Waals surface area contributed by atoms with Gasteiger partial charge in [-0.3, -0.25) is 4.98 Å². The maximum atomic E-state index is 14.4. The van der Waals surface area contributed by atoms with Gasteiger partial charge in [-0.25, -0.2) is 4.39 Å². The van der Waals surface area contributed by atoms with Gasteiger partial charge >= 0.3 is 6.01 Å². The van der Waals surface area contributed by atoms with Crippen LogP contribution < -0.4 is 15.8 Å². The van der Waals surface area contributed by atoms with Crippen molar-refractivity contribution in [2.75, 3.05) is 18.1 Å². The van der Waals surface area contributed by atoms with Gasteiger partial charge in [-0.05, 0) is 54.4 Å². The standard InChI is InChI=1S/C24H19ClFN5O/c1-12-3-5-15(11-29-12)32-24-30-21-10-16-17(8-14(26)9-20(16)28-2)22(21)23(31-24)13-4-6-18(25)19(27)7-13/h3-9,11,28H,10,27H2,1-2H3. The maximum absolute atomic E-state index is 14.4. The molecule has 0 aliphatic heterocycles. The summed E-state index contributed by atoms with van der Waals surface area (Å²) < 4.78 is 20.3. The van der Waals surface area contributed by atoms with Crippen LogP contribution in [0.25, 0.3) is 22.4 Å². The second kappa shape index (κ2) is 7.76. The number of anilines is 2. The molecule has 0 atom stereocenters. The average Bonchev–Trinajstić information content (AvgIpc) is 3.14. The number of halogens is 2. The Bertz CT molecular complexity index is 1360. The third kappa shape index (κ3) is 3.50. The highest BCUT2D eigenvalue weighted by Gasteiger charge is 2.29. The minimum Gasteiger partial charge on any atom is -0.423 e. The monoisotopic (exact) mass is 447 g/mol. The van der Waals surface area contributed by atoms with Gasteiger partial charge in [-0.15, -0.1) is 0 Å². The predicted octanol–water partition coefficient (Wildman–Crippen LogP) is 5.63. The molecule has 2 aromatic heterocycles. The molecule has 0 unspecified atom stereocenters. The van der Waals surface area contributed by atoms with E-state index in [1.165, 1.54) is 12.1 Å². The van der Waals surface area contributed by atoms with Crippen LogP contribution in [0.3, 0.4) is 0 Å². The molecule has 2 heterocycles. The van der Waals surface area contributed by atoms with Gasteiger partial charge in [0.2, 0.25) is 0 Å². The SMILES string of the molecule is CNc1cc(F)cc2c1Cc1nc(Oc3ccc(C)nc3)nc(-c3ccc(Cl)c(N)c3)c1-2. The summed E-state index contributed by atoms with van der Waals surface area (Å²) in [5, 5.41) is 3.52. The van der Waals surface area contributed by atoms with E-state index >= 15 is 0 Å². The van der Waals surface area contributed by atoms with Crippen molar-refractivity contribution >= 4 is 23.0 Å². The van der Waals surface area contributed by atoms with Crippen molar-refractivity contribution < 1.29 is 9.13 Å². The first-order valence-electron chi connectivity index (χ1n) is 10.0. The topological polar surface area (TPSA) is 86.0 Å². The largest absolute Gasteiger partial charge is 0.423 e. The maximum Gasteiger partial charge on any atom is 0.322 e. The van der Waals surface area contributed by atoms with Crippen LogP contribution in [0, 0.1) is 12.7 Å². The van der Waals surface area contributed by atoms with Crippen LogP contribution >= 0.6 is 11.6 Å². The summed E-state index contributed by atoms with van der Waals surface area (Å²) in [4.78, 5) is 13.6. The lowest BCUT2D eigenvalue weighted by Crippen LogP contribution is -2.00. The Morgan fingerprint density at radius 1 is 1.12 bits per heavy atom. The van der Waals surface area contributed by atoms with Crippen molar-refractivity contribution in [2.24, 2.45) is 0 Å². The van der Waals surface area contributed by atoms with Crippen molar-refractivity contribution in [1.29, 1.82) is 0 Å². The van der Waals surface area contributed by atoms with Gasteiger partial charge in [0.15, 0.2) is 0 Å². The second-order valence-corrected chi connectivity index (χ2v) is 7.96. The number of benzene rings is 2. The molecule has 160 valence electrons. The van der Waals surface area contributed by atoms with Gasteiger partial charge in [-0.1, -0.05) is 17.7 Å². The fraction of sp³-hybridized carbons (Fsp3) is 0.125. The van der Waals surface area contributed by atoms with E-state index in [2.05, 4.69) is 20.3 Å². The molecule has 32 heavy (non-hydrogen) atoms. The molecule has 6 nitrogen and oxygen atoms in total. The summed E-state index contributed by atoms with van der Waals surface area (Å²) in [7, 11) is 1.77. The minimum atomic E-state index is -0.339. The van der Waals surface area contributed by atoms with Crippen LogP contribution in [0.2, 0.25) is 5.02 Å². The summed E-state index contributed by atoms with van der Waals surface area (Å²) >= 11 is 6.13. The smallest absolute Gasteiger partial charge is 0.322 e. The minimum absolute atomic E-state index is 0.178. The number of nitrogens with two attached hydrogens (primary N) is 1. The summed E-state index contributed by atoms with van der Waals surface area (Å²) in [6.45, 7) is 1.90. The number of hydrogen-bond acceptors (Lipinski definition) is 6. The second-order valence-electron chi connectivity index (χ2n) is 7.56. The van der Waals surface area contributed by atoms with Crippen LogP contribution in [0.5, 0.6) is 11.8 Å². The zero-order chi connectivity index (χ0) is 22.4. The van der Waals surface area contributed by atoms with Gasteiger partial charge < -0.3 is 15.8 Å². The number of aromatic nitrogens is 3. The van der Waals surface area contributed by atoms with E-state index in [9.17, 15) is 4.39 Å². The molecule has 1 aliphatic rings. The molecule has 0 saturated heterocycles. The molecule has 8 heteroatoms. The van der Waals surface area contributed by atoms with E-state index in [1.807, 2.05) is 25.1 Å². The van der Waals surface area contributed by atoms with Gasteiger partial charge in [-0.2, -0.15) is 9.97 Å². The Morgan fingerprint density at radius 3 is 2.69 bits per heavy atom. The summed E-state index contributed by atoms with van der Waals surface area (Å²) in [6.07, 6.45) is 2.14. The van der Waals surface area contributed by atoms with Crippen molar-refractivity contribution in [3.63, 3.8) is 0 Å². The predicted molar refractivity (Wildman–Crippen MR) is 124 cm³/mol. The number of nitrogen functional groups attached to an aromatic ring is 1. The molecule has 0 radical (unpaired) electrons. The Morgan fingerprint density at radius 2 is 1.97 bits per heavy atom. The zero-order valence-corrected chi connectivity index (χ0v) is 18.2. The number of rotatable bonds is 4. The van der Waals surface area contributed by atoms with Crippen LogP contribution in [0.4, 0.5) is 15.8 Å². The van der Waals surface area contributed by atoms with E-state index in [1.54, 1.807) is 25.4 Å². The van der Waals surface area contributed by atoms with Crippen molar-refractivity contribution in [3.05, 3.63) is 76.5 Å². The molecule has 0 amide bonds. The first kappa shape index (κ1) is 20.2. The molecule has 5 rings (SSSR count). The fourth-order valence-corrected chi connectivity index (χ4v) is 4.02. The van der Waals surface area contributed by atoms with Crippen LogP contribution in [0.1, 0.15) is 17.0 Å². The molecule has 4 aromatic rings. The first-order chi connectivity index (χ1) is 15.4. The molecule has 0 fully saturated rings. The van der Waals surface area contributed by atoms with Crippen molar-refractivity contribution in [3.8, 4) is 34.1 Å². The molecular weight excluding hydrogens is 429 g/mol. The highest BCUT2D eigenvalue weighted by molar-refractivity contribution is 6.33. The van der Waals surface area contributed by atoms with Crippen molar-refractivity contribution in [2.45, 2.75) is 13.3 Å². The third-order valence-corrected chi connectivity index (χ3v) is 5.77. The lowest BCUT2D eigenvalue weighted by atomic mass is 9.99. The summed E-state index contributed by atoms with van der Waals surface area (Å²) in [5.41, 5.74) is 12.6. The molecule has 0 spiro atoms. The number of ether oxygens (including phenoxy) is 1. The lowest BCUT2D eigenvalue weighted by molar-refractivity contribution is 0.439. The van der Waals surface area contributed by atoms with E-state index in [0.717, 1.165) is 33.6 Å². The van der Waals surface area contributed by atoms with E-state index in [0.29, 0.717) is 34.3 Å². The lowest BCUT2D eigenvalue weighted by Gasteiger charge is -2.13. The van der Waals surface area contributed by atoms with Crippen LogP contribution in [-0.2, 0) is 6.42 Å². The Kier molecular flexibility index (Phi) is 4.90. The summed E-state index contributed by atoms with van der Waals surface area (Å²) in [6, 6.07) is 12.1. The molecule has 3 N–H and O–H groups in total. The fourth-order valence-electron chi connectivity index (χ4n) is 3.90. The summed E-state index contributed by atoms with van der Waals surface area (Å²) in [5.74, 6) is 0.183. The average molecular weight is 448 g/mol.